The highest BCUT2D eigenvalue weighted by atomic mass is 35.7. The van der Waals surface area contributed by atoms with Crippen LogP contribution in [0.4, 0.5) is 17.1 Å². The summed E-state index contributed by atoms with van der Waals surface area (Å²) in [5, 5.41) is 21.1. The number of anilines is 1. The van der Waals surface area contributed by atoms with E-state index < -0.39 is 49.9 Å². The molecule has 3 aromatic carbocycles. The zero-order valence-corrected chi connectivity index (χ0v) is 26.9. The molecular weight excluding hydrogens is 704 g/mol. The van der Waals surface area contributed by atoms with Crippen molar-refractivity contribution in [1.82, 2.24) is 0 Å². The number of sulfone groups is 2. The molecule has 2 N–H and O–H groups in total. The van der Waals surface area contributed by atoms with Crippen molar-refractivity contribution in [2.75, 3.05) is 17.2 Å². The van der Waals surface area contributed by atoms with Crippen molar-refractivity contribution in [3.05, 3.63) is 89.9 Å². The molecule has 0 heterocycles. The van der Waals surface area contributed by atoms with E-state index in [2.05, 4.69) is 0 Å². The highest BCUT2D eigenvalue weighted by Crippen LogP contribution is 2.29. The molecule has 230 valence electrons. The van der Waals surface area contributed by atoms with Gasteiger partial charge in [-0.25, -0.2) is 25.3 Å². The minimum Gasteiger partial charge on any atom is -0.397 e. The summed E-state index contributed by atoms with van der Waals surface area (Å²) < 4.78 is 67.2. The Morgan fingerprint density at radius 2 is 0.976 bits per heavy atom. The lowest BCUT2D eigenvalue weighted by Gasteiger charge is -2.03. The zero-order chi connectivity index (χ0) is 32.6. The minimum atomic E-state index is -3.97. The van der Waals surface area contributed by atoms with E-state index in [9.17, 15) is 45.5 Å². The molecule has 20 heteroatoms. The van der Waals surface area contributed by atoms with Gasteiger partial charge in [0.2, 0.25) is 0 Å². The summed E-state index contributed by atoms with van der Waals surface area (Å²) in [6.45, 7) is 3.05. The lowest BCUT2D eigenvalue weighted by atomic mass is 10.3. The van der Waals surface area contributed by atoms with Gasteiger partial charge < -0.3 is 5.73 Å². The van der Waals surface area contributed by atoms with Gasteiger partial charge >= 0.3 is 0 Å². The van der Waals surface area contributed by atoms with Crippen LogP contribution in [-0.2, 0) is 28.7 Å². The van der Waals surface area contributed by atoms with E-state index in [-0.39, 0.29) is 41.9 Å². The van der Waals surface area contributed by atoms with Gasteiger partial charge in [-0.3, -0.25) is 20.2 Å². The number of hydrogen-bond donors (Lipinski definition) is 1. The number of halogens is 4. The zero-order valence-electron chi connectivity index (χ0n) is 21.4. The standard InChI is InChI=1S/C8H8ClNO4S.C8H10ClNO2S.C6H3Cl2NO4S/c1-2-15(13,14)6-3-4-7(9)8(5-6)10(11)12;1-2-13(11,12)6-3-4-7(9)8(10)5-6;7-5-2-1-4(14(8,12)13)3-6(5)9(10)11/h3-5H,2H2,1H3;3-5H,2,10H2,1H3;1-3H. The fraction of sp³-hybridized carbons (Fsp3) is 0.182. The Morgan fingerprint density at radius 3 is 1.31 bits per heavy atom. The van der Waals surface area contributed by atoms with Gasteiger partial charge in [0.05, 0.1) is 46.7 Å². The molecule has 0 aromatic heterocycles. The van der Waals surface area contributed by atoms with Gasteiger partial charge in [-0.15, -0.1) is 0 Å². The van der Waals surface area contributed by atoms with Crippen LogP contribution in [0.1, 0.15) is 13.8 Å². The average molecular weight is 725 g/mol. The Balaban J connectivity index is 0.000000316. The Hall–Kier alpha value is -2.73. The van der Waals surface area contributed by atoms with Gasteiger partial charge in [-0.1, -0.05) is 48.7 Å². The van der Waals surface area contributed by atoms with Crippen LogP contribution in [-0.4, -0.2) is 46.6 Å². The number of nitro groups is 2. The van der Waals surface area contributed by atoms with Crippen molar-refractivity contribution in [3.63, 3.8) is 0 Å². The molecule has 3 rings (SSSR count). The SMILES string of the molecule is CCS(=O)(=O)c1ccc(Cl)c(N)c1.CCS(=O)(=O)c1ccc(Cl)c([N+](=O)[O-])c1.O=[N+]([O-])c1cc(S(=O)(=O)Cl)ccc1Cl. The number of nitrogens with two attached hydrogens (primary N) is 1. The van der Waals surface area contributed by atoms with Gasteiger partial charge in [0.25, 0.3) is 20.4 Å². The second-order valence-corrected chi connectivity index (χ2v) is 16.0. The molecule has 0 aliphatic heterocycles. The minimum absolute atomic E-state index is 0.0636. The van der Waals surface area contributed by atoms with Crippen LogP contribution in [0.3, 0.4) is 0 Å². The van der Waals surface area contributed by atoms with Crippen LogP contribution in [0.5, 0.6) is 0 Å². The van der Waals surface area contributed by atoms with Gasteiger partial charge in [-0.2, -0.15) is 0 Å². The van der Waals surface area contributed by atoms with Crippen molar-refractivity contribution in [3.8, 4) is 0 Å². The average Bonchev–Trinajstić information content (AvgIpc) is 2.90. The van der Waals surface area contributed by atoms with E-state index in [1.165, 1.54) is 37.3 Å². The van der Waals surface area contributed by atoms with Crippen LogP contribution in [0.2, 0.25) is 15.1 Å². The van der Waals surface area contributed by atoms with E-state index >= 15 is 0 Å². The summed E-state index contributed by atoms with van der Waals surface area (Å²) in [6, 6.07) is 10.8. The Bertz CT molecular complexity index is 1820. The summed E-state index contributed by atoms with van der Waals surface area (Å²) in [6.07, 6.45) is 0. The van der Waals surface area contributed by atoms with E-state index in [1.54, 1.807) is 6.92 Å². The number of nitrogens with zero attached hydrogens (tertiary/aromatic N) is 2. The number of hydrogen-bond acceptors (Lipinski definition) is 11. The van der Waals surface area contributed by atoms with Crippen molar-refractivity contribution in [2.24, 2.45) is 0 Å². The maximum atomic E-state index is 11.4. The van der Waals surface area contributed by atoms with Crippen LogP contribution in [0.15, 0.2) is 69.3 Å². The summed E-state index contributed by atoms with van der Waals surface area (Å²) in [7, 11) is -5.58. The predicted molar refractivity (Wildman–Crippen MR) is 161 cm³/mol. The number of rotatable bonds is 7. The predicted octanol–water partition coefficient (Wildman–Crippen LogP) is 5.93. The first-order valence-electron chi connectivity index (χ1n) is 11.0. The van der Waals surface area contributed by atoms with Crippen LogP contribution in [0, 0.1) is 20.2 Å². The Kier molecular flexibility index (Phi) is 13.4. The van der Waals surface area contributed by atoms with E-state index in [0.717, 1.165) is 24.3 Å². The lowest BCUT2D eigenvalue weighted by molar-refractivity contribution is -0.385. The highest BCUT2D eigenvalue weighted by Gasteiger charge is 2.20. The molecule has 42 heavy (non-hydrogen) atoms. The number of nitrogen functional groups attached to an aromatic ring is 1. The molecule has 0 atom stereocenters. The maximum absolute atomic E-state index is 11.4. The van der Waals surface area contributed by atoms with E-state index in [1.807, 2.05) is 0 Å². The molecule has 0 amide bonds. The first kappa shape index (κ1) is 37.3. The number of nitro benzene ring substituents is 2. The molecule has 13 nitrogen and oxygen atoms in total. The molecule has 0 aliphatic carbocycles. The topological polar surface area (TPSA) is 215 Å². The fourth-order valence-electron chi connectivity index (χ4n) is 2.66. The molecular formula is C22H21Cl4N3O10S3. The molecule has 0 bridgehead atoms. The van der Waals surface area contributed by atoms with Crippen molar-refractivity contribution in [2.45, 2.75) is 28.5 Å². The van der Waals surface area contributed by atoms with Crippen LogP contribution in [0.25, 0.3) is 0 Å². The van der Waals surface area contributed by atoms with Crippen molar-refractivity contribution in [1.29, 1.82) is 0 Å². The van der Waals surface area contributed by atoms with E-state index in [4.69, 9.17) is 51.2 Å². The molecule has 3 aromatic rings. The summed E-state index contributed by atoms with van der Waals surface area (Å²) in [4.78, 5) is 19.2. The third-order valence-electron chi connectivity index (χ3n) is 4.96. The van der Waals surface area contributed by atoms with Gasteiger partial charge in [-0.05, 0) is 42.5 Å². The molecule has 0 unspecified atom stereocenters. The first-order chi connectivity index (χ1) is 19.2. The monoisotopic (exact) mass is 723 g/mol. The molecule has 0 saturated heterocycles. The normalized spacial score (nSPS) is 11.4. The Morgan fingerprint density at radius 1 is 0.643 bits per heavy atom. The smallest absolute Gasteiger partial charge is 0.289 e. The van der Waals surface area contributed by atoms with Gasteiger partial charge in [0.15, 0.2) is 19.7 Å². The lowest BCUT2D eigenvalue weighted by Crippen LogP contribution is -2.04. The third-order valence-corrected chi connectivity index (χ3v) is 10.8. The highest BCUT2D eigenvalue weighted by molar-refractivity contribution is 8.13. The Labute approximate surface area is 260 Å². The van der Waals surface area contributed by atoms with Gasteiger partial charge in [0, 0.05) is 22.8 Å². The van der Waals surface area contributed by atoms with Gasteiger partial charge in [0.1, 0.15) is 10.0 Å². The summed E-state index contributed by atoms with van der Waals surface area (Å²) >= 11 is 16.7. The molecule has 0 spiro atoms. The summed E-state index contributed by atoms with van der Waals surface area (Å²) in [5.74, 6) is -0.0418. The molecule has 0 saturated carbocycles. The fourth-order valence-corrected chi connectivity index (χ4v) is 5.74. The molecule has 0 radical (unpaired) electrons. The van der Waals surface area contributed by atoms with E-state index in [0.29, 0.717) is 5.02 Å². The second-order valence-electron chi connectivity index (χ2n) is 7.67. The van der Waals surface area contributed by atoms with Crippen molar-refractivity contribution < 1.29 is 35.1 Å². The second kappa shape index (κ2) is 15.1. The maximum Gasteiger partial charge on any atom is 0.289 e. The third kappa shape index (κ3) is 10.5. The van der Waals surface area contributed by atoms with Crippen LogP contribution >= 0.6 is 45.5 Å². The number of benzene rings is 3. The van der Waals surface area contributed by atoms with Crippen molar-refractivity contribution >= 4 is 91.3 Å². The quantitative estimate of drug-likeness (QED) is 0.130. The molecule has 0 fully saturated rings. The largest absolute Gasteiger partial charge is 0.397 e. The molecule has 0 aliphatic rings. The first-order valence-corrected chi connectivity index (χ1v) is 17.8. The van der Waals surface area contributed by atoms with Crippen LogP contribution < -0.4 is 5.73 Å². The summed E-state index contributed by atoms with van der Waals surface area (Å²) in [5.41, 5.74) is 4.87.